The van der Waals surface area contributed by atoms with Gasteiger partial charge in [-0.3, -0.25) is 0 Å². The van der Waals surface area contributed by atoms with Crippen LogP contribution in [0.3, 0.4) is 0 Å². The SMILES string of the molecule is CCC(C)=C1CC1(C)C. The van der Waals surface area contributed by atoms with Crippen LogP contribution in [0.25, 0.3) is 0 Å². The second kappa shape index (κ2) is 1.86. The minimum atomic E-state index is 0.570. The van der Waals surface area contributed by atoms with Crippen LogP contribution in [0, 0.1) is 5.41 Å². The van der Waals surface area contributed by atoms with E-state index in [1.807, 2.05) is 0 Å². The van der Waals surface area contributed by atoms with Gasteiger partial charge < -0.3 is 0 Å². The molecule has 1 rings (SSSR count). The van der Waals surface area contributed by atoms with Gasteiger partial charge in [0, 0.05) is 0 Å². The molecule has 1 aliphatic carbocycles. The van der Waals surface area contributed by atoms with Crippen molar-refractivity contribution in [3.63, 3.8) is 0 Å². The zero-order valence-electron chi connectivity index (χ0n) is 6.91. The molecule has 0 heteroatoms. The van der Waals surface area contributed by atoms with Crippen molar-refractivity contribution >= 4 is 0 Å². The van der Waals surface area contributed by atoms with E-state index >= 15 is 0 Å². The third kappa shape index (κ3) is 1.17. The average Bonchev–Trinajstić information content (AvgIpc) is 2.38. The molecular weight excluding hydrogens is 108 g/mol. The smallest absolute Gasteiger partial charge is 0.0104 e. The summed E-state index contributed by atoms with van der Waals surface area (Å²) in [7, 11) is 0. The minimum absolute atomic E-state index is 0.570. The van der Waals surface area contributed by atoms with E-state index in [-0.39, 0.29) is 0 Å². The van der Waals surface area contributed by atoms with Gasteiger partial charge in [-0.1, -0.05) is 31.9 Å². The Bertz CT molecular complexity index is 149. The standard InChI is InChI=1S/C9H16/c1-5-7(2)8-6-9(8,3)4/h5-6H2,1-4H3. The Morgan fingerprint density at radius 1 is 1.56 bits per heavy atom. The molecule has 0 aromatic heterocycles. The largest absolute Gasteiger partial charge is 0.0738 e. The summed E-state index contributed by atoms with van der Waals surface area (Å²) in [5, 5.41) is 0. The molecule has 0 nitrogen and oxygen atoms in total. The summed E-state index contributed by atoms with van der Waals surface area (Å²) in [5.41, 5.74) is 3.88. The molecule has 0 heterocycles. The van der Waals surface area contributed by atoms with Crippen molar-refractivity contribution in [2.45, 2.75) is 40.5 Å². The Labute approximate surface area is 58.0 Å². The van der Waals surface area contributed by atoms with Gasteiger partial charge in [-0.2, -0.15) is 0 Å². The fraction of sp³-hybridized carbons (Fsp3) is 0.778. The van der Waals surface area contributed by atoms with Crippen LogP contribution in [-0.4, -0.2) is 0 Å². The van der Waals surface area contributed by atoms with Gasteiger partial charge in [0.25, 0.3) is 0 Å². The lowest BCUT2D eigenvalue weighted by molar-refractivity contribution is 0.683. The van der Waals surface area contributed by atoms with E-state index in [2.05, 4.69) is 27.7 Å². The highest BCUT2D eigenvalue weighted by Crippen LogP contribution is 2.53. The molecule has 1 aliphatic rings. The van der Waals surface area contributed by atoms with Gasteiger partial charge in [-0.05, 0) is 25.2 Å². The van der Waals surface area contributed by atoms with Crippen LogP contribution >= 0.6 is 0 Å². The van der Waals surface area contributed by atoms with E-state index in [1.54, 1.807) is 11.1 Å². The van der Waals surface area contributed by atoms with Gasteiger partial charge in [0.05, 0.1) is 0 Å². The Balaban J connectivity index is 2.67. The topological polar surface area (TPSA) is 0 Å². The summed E-state index contributed by atoms with van der Waals surface area (Å²) >= 11 is 0. The lowest BCUT2D eigenvalue weighted by Gasteiger charge is -1.96. The monoisotopic (exact) mass is 124 g/mol. The van der Waals surface area contributed by atoms with Crippen molar-refractivity contribution in [1.29, 1.82) is 0 Å². The highest BCUT2D eigenvalue weighted by atomic mass is 14.4. The van der Waals surface area contributed by atoms with E-state index in [0.717, 1.165) is 0 Å². The highest BCUT2D eigenvalue weighted by Gasteiger charge is 2.39. The molecule has 0 bridgehead atoms. The Kier molecular flexibility index (Phi) is 1.42. The van der Waals surface area contributed by atoms with Crippen LogP contribution in [-0.2, 0) is 0 Å². The molecule has 9 heavy (non-hydrogen) atoms. The first kappa shape index (κ1) is 6.85. The second-order valence-electron chi connectivity index (χ2n) is 3.67. The molecule has 0 unspecified atom stereocenters. The number of hydrogen-bond donors (Lipinski definition) is 0. The van der Waals surface area contributed by atoms with Gasteiger partial charge in [-0.15, -0.1) is 0 Å². The first-order valence-electron chi connectivity index (χ1n) is 3.77. The summed E-state index contributed by atoms with van der Waals surface area (Å²) in [4.78, 5) is 0. The summed E-state index contributed by atoms with van der Waals surface area (Å²) < 4.78 is 0. The number of allylic oxidation sites excluding steroid dienone is 2. The van der Waals surface area contributed by atoms with Crippen LogP contribution in [0.2, 0.25) is 0 Å². The molecule has 0 N–H and O–H groups in total. The maximum atomic E-state index is 2.32. The summed E-state index contributed by atoms with van der Waals surface area (Å²) in [6, 6.07) is 0. The molecule has 0 atom stereocenters. The predicted molar refractivity (Wildman–Crippen MR) is 41.4 cm³/mol. The molecule has 0 aromatic rings. The molecular formula is C9H16. The normalized spacial score (nSPS) is 28.0. The summed E-state index contributed by atoms with van der Waals surface area (Å²) in [6.07, 6.45) is 2.57. The first-order valence-corrected chi connectivity index (χ1v) is 3.77. The second-order valence-corrected chi connectivity index (χ2v) is 3.67. The molecule has 52 valence electrons. The molecule has 0 spiro atoms. The van der Waals surface area contributed by atoms with Crippen LogP contribution < -0.4 is 0 Å². The molecule has 0 amide bonds. The number of hydrogen-bond acceptors (Lipinski definition) is 0. The van der Waals surface area contributed by atoms with E-state index in [0.29, 0.717) is 5.41 Å². The van der Waals surface area contributed by atoms with Gasteiger partial charge in [0.15, 0.2) is 0 Å². The van der Waals surface area contributed by atoms with E-state index < -0.39 is 0 Å². The van der Waals surface area contributed by atoms with Crippen molar-refractivity contribution in [2.75, 3.05) is 0 Å². The van der Waals surface area contributed by atoms with Crippen molar-refractivity contribution in [3.8, 4) is 0 Å². The average molecular weight is 124 g/mol. The van der Waals surface area contributed by atoms with Gasteiger partial charge in [-0.25, -0.2) is 0 Å². The fourth-order valence-corrected chi connectivity index (χ4v) is 1.34. The van der Waals surface area contributed by atoms with Crippen LogP contribution in [0.4, 0.5) is 0 Å². The van der Waals surface area contributed by atoms with Crippen LogP contribution in [0.15, 0.2) is 11.1 Å². The molecule has 0 aromatic carbocycles. The predicted octanol–water partition coefficient (Wildman–Crippen LogP) is 3.14. The first-order chi connectivity index (χ1) is 4.08. The van der Waals surface area contributed by atoms with Crippen molar-refractivity contribution < 1.29 is 0 Å². The van der Waals surface area contributed by atoms with E-state index in [1.165, 1.54) is 12.8 Å². The molecule has 0 saturated heterocycles. The molecule has 1 saturated carbocycles. The van der Waals surface area contributed by atoms with E-state index in [4.69, 9.17) is 0 Å². The lowest BCUT2D eigenvalue weighted by atomic mass is 10.1. The maximum Gasteiger partial charge on any atom is -0.0104 e. The zero-order valence-corrected chi connectivity index (χ0v) is 6.91. The molecule has 0 radical (unpaired) electrons. The van der Waals surface area contributed by atoms with Crippen molar-refractivity contribution in [2.24, 2.45) is 5.41 Å². The van der Waals surface area contributed by atoms with Crippen LogP contribution in [0.1, 0.15) is 40.5 Å². The molecule has 1 fully saturated rings. The number of rotatable bonds is 1. The maximum absolute atomic E-state index is 2.32. The quantitative estimate of drug-likeness (QED) is 0.471. The van der Waals surface area contributed by atoms with Gasteiger partial charge in [0.1, 0.15) is 0 Å². The van der Waals surface area contributed by atoms with Gasteiger partial charge >= 0.3 is 0 Å². The zero-order chi connectivity index (χ0) is 7.07. The van der Waals surface area contributed by atoms with Crippen LogP contribution in [0.5, 0.6) is 0 Å². The minimum Gasteiger partial charge on any atom is -0.0738 e. The van der Waals surface area contributed by atoms with E-state index in [9.17, 15) is 0 Å². The highest BCUT2D eigenvalue weighted by molar-refractivity contribution is 5.34. The Morgan fingerprint density at radius 2 is 2.00 bits per heavy atom. The lowest BCUT2D eigenvalue weighted by Crippen LogP contribution is -1.82. The Morgan fingerprint density at radius 3 is 2.11 bits per heavy atom. The Hall–Kier alpha value is -0.260. The van der Waals surface area contributed by atoms with Crippen molar-refractivity contribution in [3.05, 3.63) is 11.1 Å². The van der Waals surface area contributed by atoms with Crippen molar-refractivity contribution in [1.82, 2.24) is 0 Å². The van der Waals surface area contributed by atoms with Gasteiger partial charge in [0.2, 0.25) is 0 Å². The summed E-state index contributed by atoms with van der Waals surface area (Å²) in [6.45, 7) is 9.13. The third-order valence-corrected chi connectivity index (χ3v) is 2.36. The molecule has 0 aliphatic heterocycles. The fourth-order valence-electron chi connectivity index (χ4n) is 1.34. The summed E-state index contributed by atoms with van der Waals surface area (Å²) in [5.74, 6) is 0. The third-order valence-electron chi connectivity index (χ3n) is 2.36.